The van der Waals surface area contributed by atoms with E-state index < -0.39 is 0 Å². The van der Waals surface area contributed by atoms with Crippen LogP contribution in [-0.2, 0) is 14.3 Å². The van der Waals surface area contributed by atoms with Crippen LogP contribution >= 0.6 is 0 Å². The van der Waals surface area contributed by atoms with Crippen LogP contribution in [-0.4, -0.2) is 51.5 Å². The van der Waals surface area contributed by atoms with E-state index >= 15 is 0 Å². The Hall–Kier alpha value is -0.650. The Kier molecular flexibility index (Phi) is 7.47. The van der Waals surface area contributed by atoms with E-state index in [-0.39, 0.29) is 11.9 Å². The fraction of sp³-hybridized carbons (Fsp3) is 0.938. The summed E-state index contributed by atoms with van der Waals surface area (Å²) in [4.78, 5) is 12.1. The molecule has 0 aromatic heterocycles. The average molecular weight is 298 g/mol. The van der Waals surface area contributed by atoms with E-state index in [2.05, 4.69) is 10.6 Å². The van der Waals surface area contributed by atoms with Crippen molar-refractivity contribution in [3.05, 3.63) is 0 Å². The topological polar surface area (TPSA) is 59.6 Å². The number of carbonyl (C=O) groups is 1. The minimum atomic E-state index is 0.0380. The Morgan fingerprint density at radius 2 is 2.05 bits per heavy atom. The number of hydrogen-bond donors (Lipinski definition) is 2. The van der Waals surface area contributed by atoms with E-state index in [9.17, 15) is 4.79 Å². The Morgan fingerprint density at radius 3 is 2.86 bits per heavy atom. The first-order valence-electron chi connectivity index (χ1n) is 8.41. The van der Waals surface area contributed by atoms with Gasteiger partial charge in [-0.15, -0.1) is 0 Å². The molecule has 1 saturated heterocycles. The van der Waals surface area contributed by atoms with Gasteiger partial charge < -0.3 is 20.1 Å². The van der Waals surface area contributed by atoms with Gasteiger partial charge in [0.25, 0.3) is 0 Å². The van der Waals surface area contributed by atoms with Gasteiger partial charge in [-0.1, -0.05) is 12.8 Å². The first kappa shape index (κ1) is 16.7. The smallest absolute Gasteiger partial charge is 0.237 e. The predicted molar refractivity (Wildman–Crippen MR) is 82.2 cm³/mol. The summed E-state index contributed by atoms with van der Waals surface area (Å²) in [5, 5.41) is 6.57. The Balaban J connectivity index is 1.50. The first-order valence-corrected chi connectivity index (χ1v) is 8.41. The molecule has 1 aliphatic carbocycles. The molecule has 0 spiro atoms. The third-order valence-corrected chi connectivity index (χ3v) is 4.63. The van der Waals surface area contributed by atoms with E-state index in [1.807, 2.05) is 0 Å². The summed E-state index contributed by atoms with van der Waals surface area (Å²) in [5.41, 5.74) is 0. The number of hydrogen-bond acceptors (Lipinski definition) is 4. The molecule has 1 heterocycles. The molecule has 1 aliphatic heterocycles. The molecule has 2 N–H and O–H groups in total. The van der Waals surface area contributed by atoms with Crippen LogP contribution in [0.1, 0.15) is 44.9 Å². The van der Waals surface area contributed by atoms with Gasteiger partial charge in [0.15, 0.2) is 0 Å². The summed E-state index contributed by atoms with van der Waals surface area (Å²) in [5.74, 6) is 0.911. The van der Waals surface area contributed by atoms with Crippen LogP contribution in [0.5, 0.6) is 0 Å². The lowest BCUT2D eigenvalue weighted by Crippen LogP contribution is -2.43. The quantitative estimate of drug-likeness (QED) is 0.633. The van der Waals surface area contributed by atoms with Crippen molar-refractivity contribution in [2.24, 2.45) is 5.92 Å². The van der Waals surface area contributed by atoms with Crippen LogP contribution in [0.15, 0.2) is 0 Å². The van der Waals surface area contributed by atoms with Crippen molar-refractivity contribution in [3.8, 4) is 0 Å². The van der Waals surface area contributed by atoms with E-state index in [1.165, 1.54) is 25.7 Å². The second-order valence-electron chi connectivity index (χ2n) is 6.21. The number of nitrogens with one attached hydrogen (secondary N) is 2. The molecule has 1 amide bonds. The summed E-state index contributed by atoms with van der Waals surface area (Å²) >= 11 is 0. The van der Waals surface area contributed by atoms with Gasteiger partial charge in [-0.3, -0.25) is 4.79 Å². The number of rotatable bonds is 9. The van der Waals surface area contributed by atoms with Gasteiger partial charge >= 0.3 is 0 Å². The average Bonchev–Trinajstić information content (AvgIpc) is 2.94. The summed E-state index contributed by atoms with van der Waals surface area (Å²) in [6.45, 7) is 2.79. The van der Waals surface area contributed by atoms with Crippen LogP contribution < -0.4 is 10.6 Å². The molecule has 3 atom stereocenters. The molecule has 2 fully saturated rings. The van der Waals surface area contributed by atoms with Gasteiger partial charge in [0.05, 0.1) is 19.3 Å². The highest BCUT2D eigenvalue weighted by atomic mass is 16.5. The molecule has 0 aromatic carbocycles. The van der Waals surface area contributed by atoms with E-state index in [0.29, 0.717) is 19.3 Å². The van der Waals surface area contributed by atoms with Gasteiger partial charge in [0.2, 0.25) is 5.91 Å². The zero-order valence-electron chi connectivity index (χ0n) is 13.2. The molecule has 21 heavy (non-hydrogen) atoms. The molecule has 0 aromatic rings. The summed E-state index contributed by atoms with van der Waals surface area (Å²) in [7, 11) is 1.67. The van der Waals surface area contributed by atoms with Crippen molar-refractivity contribution in [2.45, 2.75) is 57.0 Å². The summed E-state index contributed by atoms with van der Waals surface area (Å²) in [6.07, 6.45) is 8.15. The number of carbonyl (C=O) groups excluding carboxylic acids is 1. The maximum atomic E-state index is 12.1. The number of methoxy groups -OCH3 is 1. The standard InChI is InChI=1S/C16H30N2O3/c1-20-10-11-21-9-5-4-8-17-16(19)15-12-13-6-2-3-7-14(13)18-15/h13-15,18H,2-12H2,1H3,(H,17,19). The molecule has 122 valence electrons. The lowest BCUT2D eigenvalue weighted by Gasteiger charge is -2.24. The van der Waals surface area contributed by atoms with Crippen molar-refractivity contribution >= 4 is 5.91 Å². The molecule has 2 rings (SSSR count). The third-order valence-electron chi connectivity index (χ3n) is 4.63. The SMILES string of the molecule is COCCOCCCCNC(=O)C1CC2CCCCC2N1. The van der Waals surface area contributed by atoms with Crippen molar-refractivity contribution in [1.82, 2.24) is 10.6 Å². The molecular formula is C16H30N2O3. The highest BCUT2D eigenvalue weighted by molar-refractivity contribution is 5.82. The first-order chi connectivity index (χ1) is 10.3. The number of ether oxygens (including phenoxy) is 2. The third kappa shape index (κ3) is 5.57. The van der Waals surface area contributed by atoms with Crippen LogP contribution in [0, 0.1) is 5.92 Å². The van der Waals surface area contributed by atoms with Gasteiger partial charge in [0, 0.05) is 26.3 Å². The van der Waals surface area contributed by atoms with Crippen molar-refractivity contribution in [2.75, 3.05) is 33.5 Å². The van der Waals surface area contributed by atoms with Gasteiger partial charge in [-0.2, -0.15) is 0 Å². The number of amides is 1. The second kappa shape index (κ2) is 9.38. The lowest BCUT2D eigenvalue weighted by atomic mass is 9.85. The van der Waals surface area contributed by atoms with E-state index in [4.69, 9.17) is 9.47 Å². The van der Waals surface area contributed by atoms with E-state index in [0.717, 1.165) is 38.3 Å². The van der Waals surface area contributed by atoms with Crippen LogP contribution in [0.3, 0.4) is 0 Å². The Labute approximate surface area is 128 Å². The Bertz CT molecular complexity index is 298. The monoisotopic (exact) mass is 298 g/mol. The van der Waals surface area contributed by atoms with Gasteiger partial charge in [0.1, 0.15) is 0 Å². The highest BCUT2D eigenvalue weighted by Gasteiger charge is 2.37. The largest absolute Gasteiger partial charge is 0.382 e. The molecule has 1 saturated carbocycles. The second-order valence-corrected chi connectivity index (χ2v) is 6.21. The van der Waals surface area contributed by atoms with Crippen LogP contribution in [0.25, 0.3) is 0 Å². The molecule has 3 unspecified atom stereocenters. The molecule has 0 radical (unpaired) electrons. The molecule has 2 aliphatic rings. The molecular weight excluding hydrogens is 268 g/mol. The zero-order chi connectivity index (χ0) is 14.9. The maximum absolute atomic E-state index is 12.1. The maximum Gasteiger partial charge on any atom is 0.237 e. The van der Waals surface area contributed by atoms with Crippen molar-refractivity contribution in [3.63, 3.8) is 0 Å². The number of fused-ring (bicyclic) bond motifs is 1. The van der Waals surface area contributed by atoms with Crippen molar-refractivity contribution < 1.29 is 14.3 Å². The van der Waals surface area contributed by atoms with Crippen LogP contribution in [0.2, 0.25) is 0 Å². The van der Waals surface area contributed by atoms with Crippen LogP contribution in [0.4, 0.5) is 0 Å². The fourth-order valence-electron chi connectivity index (χ4n) is 3.43. The van der Waals surface area contributed by atoms with Gasteiger partial charge in [-0.25, -0.2) is 0 Å². The highest BCUT2D eigenvalue weighted by Crippen LogP contribution is 2.33. The van der Waals surface area contributed by atoms with Gasteiger partial charge in [-0.05, 0) is 38.0 Å². The summed E-state index contributed by atoms with van der Waals surface area (Å²) < 4.78 is 10.3. The Morgan fingerprint density at radius 1 is 1.19 bits per heavy atom. The van der Waals surface area contributed by atoms with E-state index in [1.54, 1.807) is 7.11 Å². The lowest BCUT2D eigenvalue weighted by molar-refractivity contribution is -0.122. The fourth-order valence-corrected chi connectivity index (χ4v) is 3.43. The minimum absolute atomic E-state index is 0.0380. The van der Waals surface area contributed by atoms with Crippen molar-refractivity contribution in [1.29, 1.82) is 0 Å². The molecule has 0 bridgehead atoms. The zero-order valence-corrected chi connectivity index (χ0v) is 13.2. The molecule has 5 nitrogen and oxygen atoms in total. The molecule has 5 heteroatoms. The normalized spacial score (nSPS) is 28.3. The minimum Gasteiger partial charge on any atom is -0.382 e. The predicted octanol–water partition coefficient (Wildman–Crippen LogP) is 1.47. The number of unbranched alkanes of at least 4 members (excludes halogenated alkanes) is 1. The summed E-state index contributed by atoms with van der Waals surface area (Å²) in [6, 6.07) is 0.625.